The van der Waals surface area contributed by atoms with Gasteiger partial charge in [-0.15, -0.1) is 0 Å². The van der Waals surface area contributed by atoms with Gasteiger partial charge in [-0.3, -0.25) is 14.4 Å². The molecule has 0 aliphatic heterocycles. The number of nitrogens with zero attached hydrogens (tertiary/aromatic N) is 1. The largest absolute Gasteiger partial charge is 0.480 e. The summed E-state index contributed by atoms with van der Waals surface area (Å²) in [6.07, 6.45) is -1.43. The van der Waals surface area contributed by atoms with Gasteiger partial charge in [0.05, 0.1) is 17.4 Å². The highest BCUT2D eigenvalue weighted by Crippen LogP contribution is 2.24. The lowest BCUT2D eigenvalue weighted by molar-refractivity contribution is -0.144. The first-order chi connectivity index (χ1) is 14.4. The van der Waals surface area contributed by atoms with Crippen LogP contribution < -0.4 is 10.6 Å². The van der Waals surface area contributed by atoms with Gasteiger partial charge in [0.15, 0.2) is 6.04 Å². The molecule has 0 aliphatic rings. The number of aliphatic carboxylic acids is 1. The van der Waals surface area contributed by atoms with E-state index in [2.05, 4.69) is 5.32 Å². The second-order valence-corrected chi connectivity index (χ2v) is 7.27. The summed E-state index contributed by atoms with van der Waals surface area (Å²) in [6, 6.07) is 2.41. The first kappa shape index (κ1) is 23.7. The molecule has 2 rings (SSSR count). The highest BCUT2D eigenvalue weighted by Gasteiger charge is 2.32. The number of nitrogens with one attached hydrogen (secondary N) is 2. The maximum Gasteiger partial charge on any atom is 0.328 e. The van der Waals surface area contributed by atoms with Gasteiger partial charge >= 0.3 is 5.97 Å². The van der Waals surface area contributed by atoms with Crippen molar-refractivity contribution in [2.45, 2.75) is 39.8 Å². The predicted octanol–water partition coefficient (Wildman–Crippen LogP) is 1.47. The highest BCUT2D eigenvalue weighted by atomic mass is 19.1. The minimum Gasteiger partial charge on any atom is -0.480 e. The normalized spacial score (nSPS) is 12.7. The Kier molecular flexibility index (Phi) is 6.96. The molecule has 10 heteroatoms. The number of anilines is 1. The van der Waals surface area contributed by atoms with Crippen LogP contribution in [0, 0.1) is 26.6 Å². The van der Waals surface area contributed by atoms with Crippen LogP contribution in [0.15, 0.2) is 18.2 Å². The van der Waals surface area contributed by atoms with Crippen LogP contribution in [0.3, 0.4) is 0 Å². The number of ketones is 1. The number of carboxylic acid groups (broad SMARTS) is 1. The number of halogens is 1. The van der Waals surface area contributed by atoms with E-state index < -0.39 is 41.5 Å². The Labute approximate surface area is 177 Å². The Hall–Kier alpha value is -3.53. The monoisotopic (exact) mass is 433 g/mol. The Morgan fingerprint density at radius 3 is 2.26 bits per heavy atom. The van der Waals surface area contributed by atoms with E-state index >= 15 is 0 Å². The number of amides is 2. The SMILES string of the molecule is Cc1cc(NC(=O)c2c(C)c(C(=O)C(=O)N[C@H](C(=O)O)[C@@H](C)O)n(C)c2C)ccc1F. The maximum atomic E-state index is 13.5. The van der Waals surface area contributed by atoms with Crippen molar-refractivity contribution in [2.24, 2.45) is 7.05 Å². The van der Waals surface area contributed by atoms with E-state index in [1.54, 1.807) is 13.8 Å². The van der Waals surface area contributed by atoms with Crippen molar-refractivity contribution >= 4 is 29.3 Å². The smallest absolute Gasteiger partial charge is 0.328 e. The Morgan fingerprint density at radius 1 is 1.13 bits per heavy atom. The summed E-state index contributed by atoms with van der Waals surface area (Å²) >= 11 is 0. The van der Waals surface area contributed by atoms with Gasteiger partial charge in [-0.25, -0.2) is 9.18 Å². The van der Waals surface area contributed by atoms with Crippen molar-refractivity contribution in [2.75, 3.05) is 5.32 Å². The van der Waals surface area contributed by atoms with Gasteiger partial charge in [0.1, 0.15) is 5.82 Å². The Morgan fingerprint density at radius 2 is 1.74 bits per heavy atom. The number of carbonyl (C=O) groups is 4. The highest BCUT2D eigenvalue weighted by molar-refractivity contribution is 6.43. The molecule has 2 aromatic rings. The number of aliphatic hydroxyl groups is 1. The number of hydrogen-bond acceptors (Lipinski definition) is 5. The summed E-state index contributed by atoms with van der Waals surface area (Å²) in [4.78, 5) is 49.0. The average Bonchev–Trinajstić information content (AvgIpc) is 2.90. The molecule has 1 aromatic carbocycles. The minimum absolute atomic E-state index is 0.0924. The number of benzene rings is 1. The predicted molar refractivity (Wildman–Crippen MR) is 110 cm³/mol. The fourth-order valence-corrected chi connectivity index (χ4v) is 3.25. The number of Topliss-reactive ketones (excluding diaryl/α,β-unsaturated/α-hetero) is 1. The van der Waals surface area contributed by atoms with E-state index in [9.17, 15) is 28.7 Å². The van der Waals surface area contributed by atoms with Crippen molar-refractivity contribution in [1.29, 1.82) is 0 Å². The van der Waals surface area contributed by atoms with Crippen LogP contribution in [0.4, 0.5) is 10.1 Å². The number of carboxylic acids is 1. The third-order valence-corrected chi connectivity index (χ3v) is 5.03. The van der Waals surface area contributed by atoms with Gasteiger partial charge < -0.3 is 25.4 Å². The van der Waals surface area contributed by atoms with Gasteiger partial charge in [-0.1, -0.05) is 0 Å². The first-order valence-electron chi connectivity index (χ1n) is 9.36. The molecule has 1 heterocycles. The molecule has 4 N–H and O–H groups in total. The summed E-state index contributed by atoms with van der Waals surface area (Å²) in [6.45, 7) is 5.79. The van der Waals surface area contributed by atoms with Crippen LogP contribution in [0.25, 0.3) is 0 Å². The van der Waals surface area contributed by atoms with Crippen molar-refractivity contribution in [3.05, 3.63) is 52.1 Å². The molecule has 0 radical (unpaired) electrons. The van der Waals surface area contributed by atoms with E-state index in [0.29, 0.717) is 16.9 Å². The van der Waals surface area contributed by atoms with Gasteiger partial charge in [-0.2, -0.15) is 0 Å². The second kappa shape index (κ2) is 9.09. The van der Waals surface area contributed by atoms with Gasteiger partial charge in [-0.05, 0) is 57.0 Å². The third kappa shape index (κ3) is 4.80. The zero-order chi connectivity index (χ0) is 23.6. The number of carbonyl (C=O) groups excluding carboxylic acids is 3. The molecule has 0 spiro atoms. The summed E-state index contributed by atoms with van der Waals surface area (Å²) in [5.41, 5.74) is 1.39. The molecule has 166 valence electrons. The molecule has 9 nitrogen and oxygen atoms in total. The third-order valence-electron chi connectivity index (χ3n) is 5.03. The average molecular weight is 433 g/mol. The zero-order valence-electron chi connectivity index (χ0n) is 17.7. The van der Waals surface area contributed by atoms with E-state index in [0.717, 1.165) is 0 Å². The van der Waals surface area contributed by atoms with Crippen LogP contribution in [0.2, 0.25) is 0 Å². The standard InChI is InChI=1S/C21H24FN3O6/c1-9-8-13(6-7-14(9)22)23-19(28)15-10(2)17(25(5)11(15)3)18(27)20(29)24-16(12(4)26)21(30)31/h6-8,12,16,26H,1-5H3,(H,23,28)(H,24,29)(H,30,31)/t12-,16+/m1/s1. The molecule has 0 aliphatic carbocycles. The van der Waals surface area contributed by atoms with Gasteiger partial charge in [0, 0.05) is 18.4 Å². The summed E-state index contributed by atoms with van der Waals surface area (Å²) < 4.78 is 14.8. The van der Waals surface area contributed by atoms with E-state index in [4.69, 9.17) is 5.11 Å². The van der Waals surface area contributed by atoms with Gasteiger partial charge in [0.25, 0.3) is 17.6 Å². The molecule has 0 saturated carbocycles. The topological polar surface area (TPSA) is 138 Å². The minimum atomic E-state index is -1.66. The fourth-order valence-electron chi connectivity index (χ4n) is 3.25. The van der Waals surface area contributed by atoms with Crippen molar-refractivity contribution in [1.82, 2.24) is 9.88 Å². The maximum absolute atomic E-state index is 13.5. The Bertz CT molecular complexity index is 1070. The fraction of sp³-hybridized carbons (Fsp3) is 0.333. The van der Waals surface area contributed by atoms with Crippen LogP contribution in [-0.4, -0.2) is 50.5 Å². The molecule has 0 bridgehead atoms. The molecule has 2 amide bonds. The first-order valence-corrected chi connectivity index (χ1v) is 9.36. The molecular formula is C21H24FN3O6. The lowest BCUT2D eigenvalue weighted by atomic mass is 10.1. The van der Waals surface area contributed by atoms with Crippen LogP contribution in [0.5, 0.6) is 0 Å². The number of aryl methyl sites for hydroxylation is 1. The van der Waals surface area contributed by atoms with E-state index in [1.165, 1.54) is 43.7 Å². The molecule has 31 heavy (non-hydrogen) atoms. The summed E-state index contributed by atoms with van der Waals surface area (Å²) in [7, 11) is 1.49. The molecular weight excluding hydrogens is 409 g/mol. The molecule has 0 saturated heterocycles. The lowest BCUT2D eigenvalue weighted by Gasteiger charge is -2.16. The van der Waals surface area contributed by atoms with Crippen molar-refractivity contribution in [3.8, 4) is 0 Å². The summed E-state index contributed by atoms with van der Waals surface area (Å²) in [5.74, 6) is -4.74. The Balaban J connectivity index is 2.35. The number of aromatic nitrogens is 1. The van der Waals surface area contributed by atoms with Crippen LogP contribution in [0.1, 0.15) is 44.6 Å². The summed E-state index contributed by atoms with van der Waals surface area (Å²) in [5, 5.41) is 23.2. The van der Waals surface area contributed by atoms with E-state index in [-0.39, 0.29) is 16.8 Å². The number of aliphatic hydroxyl groups excluding tert-OH is 1. The lowest BCUT2D eigenvalue weighted by Crippen LogP contribution is -2.50. The van der Waals surface area contributed by atoms with Crippen LogP contribution >= 0.6 is 0 Å². The second-order valence-electron chi connectivity index (χ2n) is 7.27. The van der Waals surface area contributed by atoms with Gasteiger partial charge in [0.2, 0.25) is 0 Å². The van der Waals surface area contributed by atoms with E-state index in [1.807, 2.05) is 5.32 Å². The van der Waals surface area contributed by atoms with Crippen molar-refractivity contribution < 1.29 is 33.8 Å². The number of rotatable bonds is 7. The van der Waals surface area contributed by atoms with Crippen LogP contribution in [-0.2, 0) is 16.6 Å². The quantitative estimate of drug-likeness (QED) is 0.385. The molecule has 2 atom stereocenters. The zero-order valence-corrected chi connectivity index (χ0v) is 17.7. The number of hydrogen-bond donors (Lipinski definition) is 4. The molecule has 0 fully saturated rings. The molecule has 1 aromatic heterocycles. The molecule has 0 unspecified atom stereocenters. The van der Waals surface area contributed by atoms with Crippen molar-refractivity contribution in [3.63, 3.8) is 0 Å².